The van der Waals surface area contributed by atoms with Gasteiger partial charge in [-0.3, -0.25) is 0 Å². The molecule has 1 aliphatic rings. The van der Waals surface area contributed by atoms with Crippen LogP contribution in [-0.2, 0) is 20.0 Å². The monoisotopic (exact) mass is 398 g/mol. The van der Waals surface area contributed by atoms with E-state index in [0.717, 1.165) is 18.4 Å². The van der Waals surface area contributed by atoms with Gasteiger partial charge in [0.05, 0.1) is 29.0 Å². The van der Waals surface area contributed by atoms with Gasteiger partial charge in [-0.15, -0.1) is 0 Å². The molecule has 3 aromatic rings. The second-order valence-electron chi connectivity index (χ2n) is 7.14. The van der Waals surface area contributed by atoms with Crippen LogP contribution in [0.4, 0.5) is 5.82 Å². The summed E-state index contributed by atoms with van der Waals surface area (Å²) in [4.78, 5) is 4.72. The maximum atomic E-state index is 13.7. The highest BCUT2D eigenvalue weighted by molar-refractivity contribution is 7.91. The first kappa shape index (κ1) is 18.7. The van der Waals surface area contributed by atoms with Crippen LogP contribution < -0.4 is 10.5 Å². The molecule has 1 fully saturated rings. The summed E-state index contributed by atoms with van der Waals surface area (Å²) >= 11 is 0. The number of benzene rings is 2. The van der Waals surface area contributed by atoms with Gasteiger partial charge in [-0.25, -0.2) is 13.4 Å². The maximum absolute atomic E-state index is 13.7. The van der Waals surface area contributed by atoms with Crippen LogP contribution in [0.1, 0.15) is 18.4 Å². The predicted molar refractivity (Wildman–Crippen MR) is 107 cm³/mol. The Hall–Kier alpha value is -2.64. The Kier molecular flexibility index (Phi) is 4.51. The lowest BCUT2D eigenvalue weighted by Gasteiger charge is -2.20. The summed E-state index contributed by atoms with van der Waals surface area (Å²) in [6, 6.07) is 13.6. The van der Waals surface area contributed by atoms with Crippen molar-refractivity contribution in [1.82, 2.24) is 4.98 Å². The third-order valence-corrected chi connectivity index (χ3v) is 7.18. The number of nitrogens with zero attached hydrogens (tertiary/aromatic N) is 1. The number of rotatable bonds is 6. The summed E-state index contributed by atoms with van der Waals surface area (Å²) in [6.07, 6.45) is 1.78. The van der Waals surface area contributed by atoms with Crippen molar-refractivity contribution in [2.24, 2.45) is 0 Å². The van der Waals surface area contributed by atoms with Gasteiger partial charge in [0.2, 0.25) is 9.84 Å². The SMILES string of the molecule is COCC1(c2ccc(OC)cc2S(=O)(=O)c2cccc3nc(N)ccc23)CC1. The number of fused-ring (bicyclic) bond motifs is 1. The molecule has 1 heterocycles. The Morgan fingerprint density at radius 3 is 2.54 bits per heavy atom. The normalized spacial score (nSPS) is 15.5. The topological polar surface area (TPSA) is 91.5 Å². The van der Waals surface area contributed by atoms with E-state index in [1.54, 1.807) is 49.6 Å². The lowest BCUT2D eigenvalue weighted by molar-refractivity contribution is 0.170. The third-order valence-electron chi connectivity index (χ3n) is 5.33. The first-order valence-corrected chi connectivity index (χ1v) is 10.5. The van der Waals surface area contributed by atoms with Crippen molar-refractivity contribution in [2.75, 3.05) is 26.6 Å². The number of sulfone groups is 1. The summed E-state index contributed by atoms with van der Waals surface area (Å²) in [5.41, 5.74) is 6.82. The van der Waals surface area contributed by atoms with E-state index < -0.39 is 9.84 Å². The van der Waals surface area contributed by atoms with Gasteiger partial charge >= 0.3 is 0 Å². The highest BCUT2D eigenvalue weighted by Gasteiger charge is 2.47. The van der Waals surface area contributed by atoms with Gasteiger partial charge in [0.15, 0.2) is 0 Å². The van der Waals surface area contributed by atoms with Crippen LogP contribution >= 0.6 is 0 Å². The molecule has 0 aliphatic heterocycles. The van der Waals surface area contributed by atoms with Gasteiger partial charge in [-0.1, -0.05) is 12.1 Å². The third kappa shape index (κ3) is 3.00. The molecule has 2 N–H and O–H groups in total. The number of anilines is 1. The first-order chi connectivity index (χ1) is 13.4. The molecule has 0 saturated heterocycles. The number of pyridine rings is 1. The summed E-state index contributed by atoms with van der Waals surface area (Å²) < 4.78 is 38.2. The fourth-order valence-electron chi connectivity index (χ4n) is 3.70. The molecular formula is C21H22N2O4S. The molecule has 28 heavy (non-hydrogen) atoms. The zero-order valence-corrected chi connectivity index (χ0v) is 16.6. The van der Waals surface area contributed by atoms with Gasteiger partial charge in [0, 0.05) is 17.9 Å². The first-order valence-electron chi connectivity index (χ1n) is 8.99. The number of nitrogens with two attached hydrogens (primary N) is 1. The molecule has 0 unspecified atom stereocenters. The lowest BCUT2D eigenvalue weighted by Crippen LogP contribution is -2.19. The van der Waals surface area contributed by atoms with Crippen molar-refractivity contribution in [3.05, 3.63) is 54.1 Å². The van der Waals surface area contributed by atoms with Crippen molar-refractivity contribution in [3.63, 3.8) is 0 Å². The van der Waals surface area contributed by atoms with E-state index in [4.69, 9.17) is 15.2 Å². The van der Waals surface area contributed by atoms with Crippen molar-refractivity contribution in [3.8, 4) is 5.75 Å². The number of aromatic nitrogens is 1. The summed E-state index contributed by atoms with van der Waals surface area (Å²) in [7, 11) is -0.656. The number of hydrogen-bond donors (Lipinski definition) is 1. The Labute approximate surface area is 164 Å². The molecule has 4 rings (SSSR count). The Balaban J connectivity index is 1.96. The molecule has 0 amide bonds. The van der Waals surface area contributed by atoms with E-state index >= 15 is 0 Å². The Bertz CT molecular complexity index is 1150. The number of ether oxygens (including phenoxy) is 2. The minimum atomic E-state index is -3.82. The lowest BCUT2D eigenvalue weighted by atomic mass is 9.97. The summed E-state index contributed by atoms with van der Waals surface area (Å²) in [6.45, 7) is 0.482. The molecule has 0 atom stereocenters. The average molecular weight is 398 g/mol. The van der Waals surface area contributed by atoms with E-state index in [9.17, 15) is 8.42 Å². The van der Waals surface area contributed by atoms with Crippen LogP contribution in [0.5, 0.6) is 5.75 Å². The van der Waals surface area contributed by atoms with E-state index in [2.05, 4.69) is 4.98 Å². The zero-order valence-electron chi connectivity index (χ0n) is 15.8. The molecular weight excluding hydrogens is 376 g/mol. The van der Waals surface area contributed by atoms with E-state index in [1.165, 1.54) is 7.11 Å². The van der Waals surface area contributed by atoms with Crippen LogP contribution in [0.25, 0.3) is 10.9 Å². The van der Waals surface area contributed by atoms with Crippen molar-refractivity contribution < 1.29 is 17.9 Å². The minimum Gasteiger partial charge on any atom is -0.497 e. The van der Waals surface area contributed by atoms with Crippen LogP contribution in [0.3, 0.4) is 0 Å². The molecule has 0 spiro atoms. The fraction of sp³-hybridized carbons (Fsp3) is 0.286. The van der Waals surface area contributed by atoms with Crippen LogP contribution in [-0.4, -0.2) is 34.2 Å². The highest BCUT2D eigenvalue weighted by atomic mass is 32.2. The van der Waals surface area contributed by atoms with Gasteiger partial charge in [-0.05, 0) is 54.8 Å². The Morgan fingerprint density at radius 1 is 1.07 bits per heavy atom. The van der Waals surface area contributed by atoms with E-state index in [0.29, 0.717) is 29.1 Å². The molecule has 1 saturated carbocycles. The Morgan fingerprint density at radius 2 is 1.86 bits per heavy atom. The highest BCUT2D eigenvalue weighted by Crippen LogP contribution is 2.51. The number of nitrogen functional groups attached to an aromatic ring is 1. The molecule has 7 heteroatoms. The van der Waals surface area contributed by atoms with Crippen molar-refractivity contribution in [2.45, 2.75) is 28.0 Å². The van der Waals surface area contributed by atoms with Crippen molar-refractivity contribution in [1.29, 1.82) is 0 Å². The molecule has 1 aromatic heterocycles. The standard InChI is InChI=1S/C21H22N2O4S/c1-26-13-21(10-11-21)16-8-6-14(27-2)12-19(16)28(24,25)18-5-3-4-17-15(18)7-9-20(22)23-17/h3-9,12H,10-11,13H2,1-2H3,(H2,22,23). The smallest absolute Gasteiger partial charge is 0.207 e. The van der Waals surface area contributed by atoms with Gasteiger partial charge in [-0.2, -0.15) is 0 Å². The number of methoxy groups -OCH3 is 2. The quantitative estimate of drug-likeness (QED) is 0.685. The minimum absolute atomic E-state index is 0.209. The van der Waals surface area contributed by atoms with Gasteiger partial charge in [0.25, 0.3) is 0 Å². The van der Waals surface area contributed by atoms with E-state index in [-0.39, 0.29) is 15.2 Å². The molecule has 6 nitrogen and oxygen atoms in total. The predicted octanol–water partition coefficient (Wildman–Crippen LogP) is 3.34. The molecule has 1 aliphatic carbocycles. The summed E-state index contributed by atoms with van der Waals surface area (Å²) in [5, 5.41) is 0.544. The van der Waals surface area contributed by atoms with Gasteiger partial charge < -0.3 is 15.2 Å². The second kappa shape index (κ2) is 6.76. The van der Waals surface area contributed by atoms with Gasteiger partial charge in [0.1, 0.15) is 11.6 Å². The fourth-order valence-corrected chi connectivity index (χ4v) is 5.51. The zero-order chi connectivity index (χ0) is 19.9. The van der Waals surface area contributed by atoms with Crippen LogP contribution in [0.2, 0.25) is 0 Å². The maximum Gasteiger partial charge on any atom is 0.207 e. The van der Waals surface area contributed by atoms with E-state index in [1.807, 2.05) is 6.07 Å². The average Bonchev–Trinajstić information content (AvgIpc) is 3.47. The molecule has 146 valence electrons. The summed E-state index contributed by atoms with van der Waals surface area (Å²) in [5.74, 6) is 0.847. The largest absolute Gasteiger partial charge is 0.497 e. The second-order valence-corrected chi connectivity index (χ2v) is 9.02. The molecule has 0 radical (unpaired) electrons. The number of hydrogen-bond acceptors (Lipinski definition) is 6. The molecule has 2 aromatic carbocycles. The van der Waals surface area contributed by atoms with Crippen molar-refractivity contribution >= 4 is 26.6 Å². The van der Waals surface area contributed by atoms with Crippen LogP contribution in [0.15, 0.2) is 58.3 Å². The van der Waals surface area contributed by atoms with Crippen LogP contribution in [0, 0.1) is 0 Å². The molecule has 0 bridgehead atoms.